The van der Waals surface area contributed by atoms with E-state index in [9.17, 15) is 16.8 Å². The van der Waals surface area contributed by atoms with Crippen molar-refractivity contribution >= 4 is 37.8 Å². The Morgan fingerprint density at radius 1 is 1.19 bits per heavy atom. The number of benzene rings is 1. The molecule has 0 spiro atoms. The number of aliphatic hydroxyl groups is 1. The maximum Gasteiger partial charge on any atom is 0.412 e. The minimum Gasteiger partial charge on any atom is -0.398 e. The van der Waals surface area contributed by atoms with Crippen molar-refractivity contribution in [2.24, 2.45) is 0 Å². The molecule has 4 N–H and O–H groups in total. The number of nitrogens with two attached hydrogens (primary N) is 1. The summed E-state index contributed by atoms with van der Waals surface area (Å²) in [7, 11) is -9.90. The van der Waals surface area contributed by atoms with Gasteiger partial charge in [0.25, 0.3) is 0 Å². The summed E-state index contributed by atoms with van der Waals surface area (Å²) < 4.78 is 72.4. The number of hydrogen-bond acceptors (Lipinski definition) is 9. The van der Waals surface area contributed by atoms with Crippen LogP contribution in [0.3, 0.4) is 0 Å². The summed E-state index contributed by atoms with van der Waals surface area (Å²) in [4.78, 5) is -0.592. The van der Waals surface area contributed by atoms with Gasteiger partial charge >= 0.3 is 32.1 Å². The van der Waals surface area contributed by atoms with E-state index in [2.05, 4.69) is 3.63 Å². The highest BCUT2D eigenvalue weighted by Crippen LogP contribution is 2.23. The van der Waals surface area contributed by atoms with Crippen LogP contribution in [0.4, 0.5) is 5.69 Å². The van der Waals surface area contributed by atoms with Crippen LogP contribution >= 0.6 is 0 Å². The Hall–Kier alpha value is -1.38. The fraction of sp³-hybridized carbons (Fsp3) is 0.250. The molecule has 10 nitrogen and oxygen atoms in total. The van der Waals surface area contributed by atoms with Crippen molar-refractivity contribution in [1.29, 1.82) is 0 Å². The largest absolute Gasteiger partial charge is 0.412 e. The van der Waals surface area contributed by atoms with Crippen molar-refractivity contribution in [3.05, 3.63) is 23.8 Å². The Morgan fingerprint density at radius 3 is 2.14 bits per heavy atom. The maximum absolute atomic E-state index is 11.5. The average Bonchev–Trinajstić information content (AvgIpc) is 2.29. The van der Waals surface area contributed by atoms with Gasteiger partial charge in [0.1, 0.15) is 4.90 Å². The smallest absolute Gasteiger partial charge is 0.398 e. The van der Waals surface area contributed by atoms with Gasteiger partial charge in [-0.15, -0.1) is 3.63 Å². The molecular formula is C8H11NO9S3. The molecule has 0 amide bonds. The molecule has 0 aliphatic rings. The molecule has 0 atom stereocenters. The van der Waals surface area contributed by atoms with Crippen molar-refractivity contribution in [2.45, 2.75) is 11.3 Å². The second-order valence-electron chi connectivity index (χ2n) is 3.36. The Kier molecular flexibility index (Phi) is 7.62. The lowest BCUT2D eigenvalue weighted by Gasteiger charge is -2.07. The fourth-order valence-corrected chi connectivity index (χ4v) is 3.08. The second kappa shape index (κ2) is 8.16. The summed E-state index contributed by atoms with van der Waals surface area (Å²) >= 11 is -0.750. The van der Waals surface area contributed by atoms with Gasteiger partial charge in [-0.2, -0.15) is 25.3 Å². The average molecular weight is 361 g/mol. The first kappa shape index (κ1) is 19.6. The molecule has 0 saturated heterocycles. The Balaban J connectivity index is 0.00000122. The molecule has 0 aliphatic heterocycles. The summed E-state index contributed by atoms with van der Waals surface area (Å²) in [6, 6.07) is 3.76. The van der Waals surface area contributed by atoms with Gasteiger partial charge in [0.2, 0.25) is 0 Å². The van der Waals surface area contributed by atoms with Crippen molar-refractivity contribution < 1.29 is 38.5 Å². The summed E-state index contributed by atoms with van der Waals surface area (Å²) in [6.45, 7) is -0.220. The van der Waals surface area contributed by atoms with Crippen LogP contribution in [0.2, 0.25) is 0 Å². The van der Waals surface area contributed by atoms with E-state index in [0.29, 0.717) is 5.56 Å². The Morgan fingerprint density at radius 2 is 1.71 bits per heavy atom. The van der Waals surface area contributed by atoms with Gasteiger partial charge in [-0.25, -0.2) is 0 Å². The highest BCUT2D eigenvalue weighted by Gasteiger charge is 2.25. The lowest BCUT2D eigenvalue weighted by Crippen LogP contribution is -2.14. The number of hydrogen-bond donors (Lipinski definition) is 3. The van der Waals surface area contributed by atoms with E-state index < -0.39 is 37.0 Å². The summed E-state index contributed by atoms with van der Waals surface area (Å²) in [6.07, 6.45) is 0.161. The third kappa shape index (κ3) is 7.26. The topological polar surface area (TPSA) is 178 Å². The number of nitrogen functional groups attached to an aromatic ring is 1. The summed E-state index contributed by atoms with van der Waals surface area (Å²) in [5.41, 5.74) is 5.58. The minimum atomic E-state index is -5.16. The normalized spacial score (nSPS) is 11.3. The monoisotopic (exact) mass is 361 g/mol. The zero-order valence-electron chi connectivity index (χ0n) is 10.2. The van der Waals surface area contributed by atoms with E-state index >= 15 is 0 Å². The van der Waals surface area contributed by atoms with Gasteiger partial charge in [-0.1, -0.05) is 6.07 Å². The second-order valence-corrected chi connectivity index (χ2v) is 6.25. The highest BCUT2D eigenvalue weighted by molar-refractivity contribution is 7.97. The van der Waals surface area contributed by atoms with Gasteiger partial charge in [0.05, 0.1) is 5.69 Å². The highest BCUT2D eigenvalue weighted by atomic mass is 32.3. The first-order valence-electron chi connectivity index (χ1n) is 4.92. The van der Waals surface area contributed by atoms with E-state index in [-0.39, 0.29) is 18.7 Å². The molecule has 21 heavy (non-hydrogen) atoms. The van der Waals surface area contributed by atoms with E-state index in [1.807, 2.05) is 0 Å². The standard InChI is InChI=1S/C8H11NO7S2.O2S/c9-7-2-1-6(3-4-10)5-8(7)17(11,12)16-18(13,14)15;1-3-2/h1-2,5,10H,3-4,9H2,(H,13,14,15);. The van der Waals surface area contributed by atoms with Crippen LogP contribution < -0.4 is 5.73 Å². The van der Waals surface area contributed by atoms with Crippen LogP contribution in [-0.4, -0.2) is 41.5 Å². The lowest BCUT2D eigenvalue weighted by atomic mass is 10.1. The molecule has 1 aromatic rings. The molecule has 0 bridgehead atoms. The first-order valence-corrected chi connectivity index (χ1v) is 8.36. The zero-order chi connectivity index (χ0) is 16.7. The van der Waals surface area contributed by atoms with Crippen LogP contribution in [0.25, 0.3) is 0 Å². The van der Waals surface area contributed by atoms with Crippen LogP contribution in [0, 0.1) is 0 Å². The predicted octanol–water partition coefficient (Wildman–Crippen LogP) is -1.36. The molecule has 0 unspecified atom stereocenters. The maximum atomic E-state index is 11.5. The van der Waals surface area contributed by atoms with Crippen molar-refractivity contribution in [2.75, 3.05) is 12.3 Å². The van der Waals surface area contributed by atoms with E-state index in [0.717, 1.165) is 6.07 Å². The molecular weight excluding hydrogens is 350 g/mol. The number of rotatable bonds is 5. The van der Waals surface area contributed by atoms with Gasteiger partial charge in [0.15, 0.2) is 0 Å². The summed E-state index contributed by atoms with van der Waals surface area (Å²) in [5.74, 6) is 0. The predicted molar refractivity (Wildman–Crippen MR) is 70.4 cm³/mol. The summed E-state index contributed by atoms with van der Waals surface area (Å²) in [5, 5.41) is 8.72. The molecule has 120 valence electrons. The van der Waals surface area contributed by atoms with Gasteiger partial charge < -0.3 is 10.8 Å². The zero-order valence-corrected chi connectivity index (χ0v) is 12.7. The van der Waals surface area contributed by atoms with Crippen LogP contribution in [0.15, 0.2) is 23.1 Å². The van der Waals surface area contributed by atoms with E-state index in [1.54, 1.807) is 0 Å². The molecule has 0 aromatic heterocycles. The SMILES string of the molecule is Nc1ccc(CCO)cc1S(=O)(=O)OS(=O)(=O)O.O=S=O. The molecule has 0 radical (unpaired) electrons. The van der Waals surface area contributed by atoms with Gasteiger partial charge in [0, 0.05) is 6.61 Å². The lowest BCUT2D eigenvalue weighted by molar-refractivity contribution is 0.299. The molecule has 13 heteroatoms. The minimum absolute atomic E-state index is 0.161. The Bertz CT molecular complexity index is 719. The molecule has 0 saturated carbocycles. The van der Waals surface area contributed by atoms with Crippen molar-refractivity contribution in [1.82, 2.24) is 0 Å². The quantitative estimate of drug-likeness (QED) is 0.419. The molecule has 1 rings (SSSR count). The number of anilines is 1. The molecule has 0 heterocycles. The molecule has 0 fully saturated rings. The van der Waals surface area contributed by atoms with Crippen molar-refractivity contribution in [3.63, 3.8) is 0 Å². The number of aliphatic hydroxyl groups excluding tert-OH is 1. The molecule has 1 aromatic carbocycles. The van der Waals surface area contributed by atoms with Crippen molar-refractivity contribution in [3.8, 4) is 0 Å². The van der Waals surface area contributed by atoms with Crippen LogP contribution in [0.5, 0.6) is 0 Å². The fourth-order valence-electron chi connectivity index (χ4n) is 1.23. The van der Waals surface area contributed by atoms with Gasteiger partial charge in [-0.3, -0.25) is 4.55 Å². The van der Waals surface area contributed by atoms with Crippen LogP contribution in [0.1, 0.15) is 5.56 Å². The third-order valence-electron chi connectivity index (χ3n) is 1.92. The van der Waals surface area contributed by atoms with Crippen LogP contribution in [-0.2, 0) is 42.1 Å². The van der Waals surface area contributed by atoms with E-state index in [1.165, 1.54) is 12.1 Å². The third-order valence-corrected chi connectivity index (χ3v) is 4.22. The van der Waals surface area contributed by atoms with E-state index in [4.69, 9.17) is 23.8 Å². The molecule has 0 aliphatic carbocycles. The van der Waals surface area contributed by atoms with Gasteiger partial charge in [-0.05, 0) is 24.1 Å². The first-order chi connectivity index (χ1) is 9.57. The Labute approximate surface area is 124 Å².